The predicted molar refractivity (Wildman–Crippen MR) is 59.5 cm³/mol. The molecule has 1 saturated heterocycles. The summed E-state index contributed by atoms with van der Waals surface area (Å²) in [7, 11) is 0. The van der Waals surface area contributed by atoms with Crippen LogP contribution < -0.4 is 0 Å². The van der Waals surface area contributed by atoms with Crippen molar-refractivity contribution in [3.8, 4) is 0 Å². The van der Waals surface area contributed by atoms with Gasteiger partial charge in [0.1, 0.15) is 12.7 Å². The Kier molecular flexibility index (Phi) is 3.36. The molecule has 4 nitrogen and oxygen atoms in total. The minimum atomic E-state index is 0.670. The smallest absolute Gasteiger partial charge is 0.137 e. The van der Waals surface area contributed by atoms with Crippen molar-refractivity contribution in [1.82, 2.24) is 19.7 Å². The number of piperidine rings is 1. The standard InChI is InChI=1S/C11H20N4/c1-10(2)14-5-3-4-11(6-14)7-15-9-12-8-13-15/h8-11H,3-7H2,1-2H3/t11-/m0/s1. The maximum Gasteiger partial charge on any atom is 0.137 e. The summed E-state index contributed by atoms with van der Waals surface area (Å²) in [6, 6.07) is 0.670. The van der Waals surface area contributed by atoms with E-state index in [0.29, 0.717) is 6.04 Å². The second-order valence-corrected chi connectivity index (χ2v) is 4.71. The molecular formula is C11H20N4. The summed E-state index contributed by atoms with van der Waals surface area (Å²) in [6.07, 6.45) is 6.07. The molecule has 1 atom stereocenters. The third-order valence-corrected chi connectivity index (χ3v) is 3.19. The average molecular weight is 208 g/mol. The monoisotopic (exact) mass is 208 g/mol. The summed E-state index contributed by atoms with van der Waals surface area (Å²) in [4.78, 5) is 6.54. The second kappa shape index (κ2) is 4.75. The summed E-state index contributed by atoms with van der Waals surface area (Å²) < 4.78 is 1.95. The molecule has 0 saturated carbocycles. The van der Waals surface area contributed by atoms with E-state index >= 15 is 0 Å². The molecule has 0 spiro atoms. The van der Waals surface area contributed by atoms with Crippen LogP contribution in [0, 0.1) is 5.92 Å². The summed E-state index contributed by atoms with van der Waals surface area (Å²) >= 11 is 0. The van der Waals surface area contributed by atoms with E-state index in [1.807, 2.05) is 11.0 Å². The van der Waals surface area contributed by atoms with Crippen LogP contribution in [0.4, 0.5) is 0 Å². The van der Waals surface area contributed by atoms with Crippen molar-refractivity contribution < 1.29 is 0 Å². The van der Waals surface area contributed by atoms with E-state index in [9.17, 15) is 0 Å². The molecule has 2 heterocycles. The van der Waals surface area contributed by atoms with Crippen LogP contribution in [0.3, 0.4) is 0 Å². The lowest BCUT2D eigenvalue weighted by atomic mass is 9.97. The van der Waals surface area contributed by atoms with Gasteiger partial charge >= 0.3 is 0 Å². The molecule has 1 aliphatic heterocycles. The maximum absolute atomic E-state index is 4.17. The van der Waals surface area contributed by atoms with Crippen LogP contribution >= 0.6 is 0 Å². The number of hydrogen-bond donors (Lipinski definition) is 0. The van der Waals surface area contributed by atoms with Crippen LogP contribution in [0.1, 0.15) is 26.7 Å². The predicted octanol–water partition coefficient (Wildman–Crippen LogP) is 1.40. The highest BCUT2D eigenvalue weighted by Gasteiger charge is 2.21. The zero-order chi connectivity index (χ0) is 10.7. The lowest BCUT2D eigenvalue weighted by Crippen LogP contribution is -2.41. The van der Waals surface area contributed by atoms with E-state index in [-0.39, 0.29) is 0 Å². The fourth-order valence-corrected chi connectivity index (χ4v) is 2.31. The van der Waals surface area contributed by atoms with Crippen LogP contribution in [0.5, 0.6) is 0 Å². The largest absolute Gasteiger partial charge is 0.301 e. The number of aromatic nitrogens is 3. The first-order valence-electron chi connectivity index (χ1n) is 5.82. The van der Waals surface area contributed by atoms with E-state index in [0.717, 1.165) is 12.5 Å². The molecule has 84 valence electrons. The minimum absolute atomic E-state index is 0.670. The van der Waals surface area contributed by atoms with Gasteiger partial charge in [-0.15, -0.1) is 0 Å². The van der Waals surface area contributed by atoms with Gasteiger partial charge in [-0.1, -0.05) is 0 Å². The fraction of sp³-hybridized carbons (Fsp3) is 0.818. The Bertz CT molecular complexity index is 281. The van der Waals surface area contributed by atoms with Gasteiger partial charge in [0.15, 0.2) is 0 Å². The first kappa shape index (κ1) is 10.6. The highest BCUT2D eigenvalue weighted by atomic mass is 15.3. The molecule has 0 radical (unpaired) electrons. The molecule has 2 rings (SSSR count). The Morgan fingerprint density at radius 3 is 3.00 bits per heavy atom. The lowest BCUT2D eigenvalue weighted by molar-refractivity contribution is 0.128. The van der Waals surface area contributed by atoms with Crippen LogP contribution in [-0.4, -0.2) is 38.8 Å². The molecule has 1 aliphatic rings. The van der Waals surface area contributed by atoms with Crippen molar-refractivity contribution in [2.45, 2.75) is 39.3 Å². The molecule has 4 heteroatoms. The number of likely N-dealkylation sites (tertiary alicyclic amines) is 1. The van der Waals surface area contributed by atoms with Crippen molar-refractivity contribution >= 4 is 0 Å². The second-order valence-electron chi connectivity index (χ2n) is 4.71. The summed E-state index contributed by atoms with van der Waals surface area (Å²) in [5.41, 5.74) is 0. The molecule has 0 bridgehead atoms. The third kappa shape index (κ3) is 2.78. The van der Waals surface area contributed by atoms with Crippen molar-refractivity contribution in [1.29, 1.82) is 0 Å². The van der Waals surface area contributed by atoms with Gasteiger partial charge in [0.05, 0.1) is 0 Å². The van der Waals surface area contributed by atoms with E-state index in [1.165, 1.54) is 25.9 Å². The Morgan fingerprint density at radius 2 is 2.33 bits per heavy atom. The van der Waals surface area contributed by atoms with Gasteiger partial charge in [-0.05, 0) is 39.2 Å². The van der Waals surface area contributed by atoms with Crippen molar-refractivity contribution in [2.75, 3.05) is 13.1 Å². The molecule has 0 N–H and O–H groups in total. The van der Waals surface area contributed by atoms with Crippen molar-refractivity contribution in [3.05, 3.63) is 12.7 Å². The summed E-state index contributed by atoms with van der Waals surface area (Å²) in [5, 5.41) is 4.17. The molecule has 0 aliphatic carbocycles. The molecule has 0 amide bonds. The zero-order valence-electron chi connectivity index (χ0n) is 9.63. The van der Waals surface area contributed by atoms with E-state index in [2.05, 4.69) is 28.8 Å². The Labute approximate surface area is 91.3 Å². The van der Waals surface area contributed by atoms with Gasteiger partial charge in [0, 0.05) is 19.1 Å². The normalized spacial score (nSPS) is 23.5. The third-order valence-electron chi connectivity index (χ3n) is 3.19. The molecular weight excluding hydrogens is 188 g/mol. The van der Waals surface area contributed by atoms with Crippen molar-refractivity contribution in [3.63, 3.8) is 0 Å². The topological polar surface area (TPSA) is 34.0 Å². The maximum atomic E-state index is 4.17. The first-order valence-corrected chi connectivity index (χ1v) is 5.82. The molecule has 0 aromatic carbocycles. The van der Waals surface area contributed by atoms with Gasteiger partial charge in [-0.2, -0.15) is 5.10 Å². The molecule has 15 heavy (non-hydrogen) atoms. The number of nitrogens with zero attached hydrogens (tertiary/aromatic N) is 4. The van der Waals surface area contributed by atoms with Gasteiger partial charge in [-0.25, -0.2) is 4.98 Å². The van der Waals surface area contributed by atoms with Crippen LogP contribution in [0.25, 0.3) is 0 Å². The number of rotatable bonds is 3. The molecule has 1 aromatic heterocycles. The molecule has 1 aromatic rings. The first-order chi connectivity index (χ1) is 7.25. The van der Waals surface area contributed by atoms with Gasteiger partial charge in [0.2, 0.25) is 0 Å². The lowest BCUT2D eigenvalue weighted by Gasteiger charge is -2.35. The van der Waals surface area contributed by atoms with Gasteiger partial charge in [0.25, 0.3) is 0 Å². The van der Waals surface area contributed by atoms with E-state index in [1.54, 1.807) is 6.33 Å². The summed E-state index contributed by atoms with van der Waals surface area (Å²) in [6.45, 7) is 8.03. The summed E-state index contributed by atoms with van der Waals surface area (Å²) in [5.74, 6) is 0.739. The SMILES string of the molecule is CC(C)N1CCC[C@H](Cn2cncn2)C1. The van der Waals surface area contributed by atoms with Gasteiger partial charge in [-0.3, -0.25) is 4.68 Å². The van der Waals surface area contributed by atoms with Crippen molar-refractivity contribution in [2.24, 2.45) is 5.92 Å². The Hall–Kier alpha value is -0.900. The van der Waals surface area contributed by atoms with E-state index in [4.69, 9.17) is 0 Å². The minimum Gasteiger partial charge on any atom is -0.301 e. The Morgan fingerprint density at radius 1 is 1.47 bits per heavy atom. The highest BCUT2D eigenvalue weighted by Crippen LogP contribution is 2.19. The zero-order valence-corrected chi connectivity index (χ0v) is 9.63. The highest BCUT2D eigenvalue weighted by molar-refractivity contribution is 4.75. The van der Waals surface area contributed by atoms with E-state index < -0.39 is 0 Å². The van der Waals surface area contributed by atoms with Gasteiger partial charge < -0.3 is 4.90 Å². The Balaban J connectivity index is 1.88. The van der Waals surface area contributed by atoms with Crippen LogP contribution in [0.15, 0.2) is 12.7 Å². The quantitative estimate of drug-likeness (QED) is 0.753. The number of hydrogen-bond acceptors (Lipinski definition) is 3. The molecule has 1 fully saturated rings. The van der Waals surface area contributed by atoms with Crippen LogP contribution in [-0.2, 0) is 6.54 Å². The fourth-order valence-electron chi connectivity index (χ4n) is 2.31. The van der Waals surface area contributed by atoms with Crippen LogP contribution in [0.2, 0.25) is 0 Å². The average Bonchev–Trinajstić information content (AvgIpc) is 2.71. The molecule has 0 unspecified atom stereocenters.